The Labute approximate surface area is 193 Å². The molecule has 0 atom stereocenters. The van der Waals surface area contributed by atoms with E-state index in [1.54, 1.807) is 41.3 Å². The molecule has 2 aliphatic heterocycles. The van der Waals surface area contributed by atoms with E-state index in [0.29, 0.717) is 52.1 Å². The highest BCUT2D eigenvalue weighted by Gasteiger charge is 2.34. The summed E-state index contributed by atoms with van der Waals surface area (Å²) < 4.78 is 27.2. The van der Waals surface area contributed by atoms with Crippen LogP contribution < -0.4 is 4.90 Å². The maximum atomic E-state index is 13.0. The van der Waals surface area contributed by atoms with Gasteiger partial charge in [0.2, 0.25) is 15.9 Å². The van der Waals surface area contributed by atoms with Crippen molar-refractivity contribution < 1.29 is 18.1 Å². The monoisotopic (exact) mass is 472 g/mol. The molecule has 2 saturated heterocycles. The number of benzene rings is 2. The smallest absolute Gasteiger partial charge is 0.269 e. The highest BCUT2D eigenvalue weighted by Crippen LogP contribution is 2.27. The summed E-state index contributed by atoms with van der Waals surface area (Å²) in [6, 6.07) is 13.3. The molecule has 0 unspecified atom stereocenters. The number of nitro benzene ring substituents is 1. The van der Waals surface area contributed by atoms with Crippen molar-refractivity contribution in [1.82, 2.24) is 9.21 Å². The minimum atomic E-state index is -3.55. The molecule has 2 aromatic rings. The maximum Gasteiger partial charge on any atom is 0.269 e. The first-order chi connectivity index (χ1) is 15.8. The van der Waals surface area contributed by atoms with Crippen LogP contribution in [0.15, 0.2) is 53.4 Å². The number of sulfonamides is 1. The first-order valence-corrected chi connectivity index (χ1v) is 12.5. The van der Waals surface area contributed by atoms with Gasteiger partial charge in [-0.15, -0.1) is 0 Å². The summed E-state index contributed by atoms with van der Waals surface area (Å²) in [6.45, 7) is 4.70. The molecule has 9 nitrogen and oxygen atoms in total. The predicted octanol–water partition coefficient (Wildman–Crippen LogP) is 2.65. The van der Waals surface area contributed by atoms with E-state index in [1.807, 2.05) is 6.92 Å². The molecule has 0 spiro atoms. The van der Waals surface area contributed by atoms with Gasteiger partial charge >= 0.3 is 0 Å². The number of hydrogen-bond acceptors (Lipinski definition) is 6. The molecule has 0 aromatic heterocycles. The summed E-state index contributed by atoms with van der Waals surface area (Å²) in [6.07, 6.45) is 1.41. The fourth-order valence-electron chi connectivity index (χ4n) is 4.44. The van der Waals surface area contributed by atoms with Crippen LogP contribution in [0.4, 0.5) is 11.4 Å². The Morgan fingerprint density at radius 3 is 2.03 bits per heavy atom. The van der Waals surface area contributed by atoms with Gasteiger partial charge in [-0.05, 0) is 44.0 Å². The average Bonchev–Trinajstić information content (AvgIpc) is 2.84. The Bertz CT molecular complexity index is 1100. The van der Waals surface area contributed by atoms with Gasteiger partial charge in [-0.2, -0.15) is 4.31 Å². The highest BCUT2D eigenvalue weighted by atomic mass is 32.2. The standard InChI is InChI=1S/C23H28N4O5S/c1-18-2-8-22(9-3-18)33(31,32)26-16-14-25(15-17-26)23(28)19-10-12-24(13-11-19)20-4-6-21(7-5-20)27(29)30/h2-9,19H,10-17H2,1H3. The first-order valence-electron chi connectivity index (χ1n) is 11.1. The van der Waals surface area contributed by atoms with Crippen molar-refractivity contribution in [2.45, 2.75) is 24.7 Å². The summed E-state index contributed by atoms with van der Waals surface area (Å²) in [5.74, 6) is 0.00490. The van der Waals surface area contributed by atoms with Gasteiger partial charge < -0.3 is 9.80 Å². The van der Waals surface area contributed by atoms with Crippen LogP contribution >= 0.6 is 0 Å². The fraction of sp³-hybridized carbons (Fsp3) is 0.435. The number of hydrogen-bond donors (Lipinski definition) is 0. The molecule has 1 amide bonds. The molecule has 2 aromatic carbocycles. The van der Waals surface area contributed by atoms with Crippen molar-refractivity contribution in [3.8, 4) is 0 Å². The third kappa shape index (κ3) is 5.01. The predicted molar refractivity (Wildman–Crippen MR) is 125 cm³/mol. The molecule has 0 aliphatic carbocycles. The van der Waals surface area contributed by atoms with Crippen LogP contribution in [0.2, 0.25) is 0 Å². The SMILES string of the molecule is Cc1ccc(S(=O)(=O)N2CCN(C(=O)C3CCN(c4ccc([N+](=O)[O-])cc4)CC3)CC2)cc1. The number of carbonyl (C=O) groups is 1. The van der Waals surface area contributed by atoms with Gasteiger partial charge in [-0.25, -0.2) is 8.42 Å². The summed E-state index contributed by atoms with van der Waals surface area (Å²) in [7, 11) is -3.55. The molecular formula is C23H28N4O5S. The molecule has 0 N–H and O–H groups in total. The Morgan fingerprint density at radius 1 is 0.909 bits per heavy atom. The van der Waals surface area contributed by atoms with Gasteiger partial charge in [0.25, 0.3) is 5.69 Å². The third-order valence-corrected chi connectivity index (χ3v) is 8.39. The van der Waals surface area contributed by atoms with Gasteiger partial charge in [0.05, 0.1) is 9.82 Å². The lowest BCUT2D eigenvalue weighted by Crippen LogP contribution is -2.52. The Balaban J connectivity index is 1.29. The van der Waals surface area contributed by atoms with E-state index in [1.165, 1.54) is 16.4 Å². The zero-order valence-corrected chi connectivity index (χ0v) is 19.4. The van der Waals surface area contributed by atoms with Crippen molar-refractivity contribution >= 4 is 27.3 Å². The summed E-state index contributed by atoms with van der Waals surface area (Å²) >= 11 is 0. The lowest BCUT2D eigenvalue weighted by molar-refractivity contribution is -0.384. The van der Waals surface area contributed by atoms with Crippen LogP contribution in [-0.2, 0) is 14.8 Å². The van der Waals surface area contributed by atoms with Crippen LogP contribution in [0, 0.1) is 23.0 Å². The molecule has 4 rings (SSSR count). The number of piperidine rings is 1. The van der Waals surface area contributed by atoms with E-state index in [2.05, 4.69) is 4.90 Å². The average molecular weight is 473 g/mol. The van der Waals surface area contributed by atoms with Gasteiger partial charge in [-0.1, -0.05) is 17.7 Å². The van der Waals surface area contributed by atoms with E-state index in [4.69, 9.17) is 0 Å². The van der Waals surface area contributed by atoms with Gasteiger partial charge in [0.1, 0.15) is 0 Å². The largest absolute Gasteiger partial charge is 0.371 e. The molecule has 2 heterocycles. The minimum Gasteiger partial charge on any atom is -0.371 e. The second-order valence-electron chi connectivity index (χ2n) is 8.58. The third-order valence-electron chi connectivity index (χ3n) is 6.48. The van der Waals surface area contributed by atoms with Crippen LogP contribution in [0.1, 0.15) is 18.4 Å². The van der Waals surface area contributed by atoms with Crippen LogP contribution in [0.3, 0.4) is 0 Å². The molecule has 0 bridgehead atoms. The van der Waals surface area contributed by atoms with Gasteiger partial charge in [-0.3, -0.25) is 14.9 Å². The van der Waals surface area contributed by atoms with Gasteiger partial charge in [0, 0.05) is 63.0 Å². The number of nitro groups is 1. The van der Waals surface area contributed by atoms with Gasteiger partial charge in [0.15, 0.2) is 0 Å². The molecule has 176 valence electrons. The van der Waals surface area contributed by atoms with E-state index in [-0.39, 0.29) is 22.4 Å². The van der Waals surface area contributed by atoms with E-state index < -0.39 is 14.9 Å². The number of rotatable bonds is 5. The molecule has 2 fully saturated rings. The van der Waals surface area contributed by atoms with E-state index >= 15 is 0 Å². The number of nitrogens with zero attached hydrogens (tertiary/aromatic N) is 4. The summed E-state index contributed by atoms with van der Waals surface area (Å²) in [5.41, 5.74) is 1.98. The molecule has 10 heteroatoms. The number of piperazine rings is 1. The van der Waals surface area contributed by atoms with E-state index in [0.717, 1.165) is 11.3 Å². The van der Waals surface area contributed by atoms with Crippen molar-refractivity contribution in [1.29, 1.82) is 0 Å². The number of non-ortho nitro benzene ring substituents is 1. The van der Waals surface area contributed by atoms with Crippen LogP contribution in [-0.4, -0.2) is 67.7 Å². The normalized spacial score (nSPS) is 18.3. The minimum absolute atomic E-state index is 0.0624. The van der Waals surface area contributed by atoms with Crippen molar-refractivity contribution in [2.24, 2.45) is 5.92 Å². The first kappa shape index (κ1) is 23.2. The number of anilines is 1. The Kier molecular flexibility index (Phi) is 6.66. The van der Waals surface area contributed by atoms with Crippen LogP contribution in [0.25, 0.3) is 0 Å². The van der Waals surface area contributed by atoms with Crippen molar-refractivity contribution in [3.05, 3.63) is 64.2 Å². The quantitative estimate of drug-likeness (QED) is 0.490. The van der Waals surface area contributed by atoms with Crippen LogP contribution in [0.5, 0.6) is 0 Å². The zero-order chi connectivity index (χ0) is 23.6. The Hall–Kier alpha value is -2.98. The topological polar surface area (TPSA) is 104 Å². The highest BCUT2D eigenvalue weighted by molar-refractivity contribution is 7.89. The summed E-state index contributed by atoms with van der Waals surface area (Å²) in [5, 5.41) is 10.8. The number of carbonyl (C=O) groups excluding carboxylic acids is 1. The molecular weight excluding hydrogens is 444 g/mol. The molecule has 2 aliphatic rings. The zero-order valence-electron chi connectivity index (χ0n) is 18.6. The second kappa shape index (κ2) is 9.48. The number of aryl methyl sites for hydroxylation is 1. The summed E-state index contributed by atoms with van der Waals surface area (Å²) in [4.78, 5) is 27.7. The van der Waals surface area contributed by atoms with Crippen molar-refractivity contribution in [2.75, 3.05) is 44.2 Å². The second-order valence-corrected chi connectivity index (χ2v) is 10.5. The lowest BCUT2D eigenvalue weighted by Gasteiger charge is -2.38. The molecule has 0 radical (unpaired) electrons. The number of amides is 1. The van der Waals surface area contributed by atoms with E-state index in [9.17, 15) is 23.3 Å². The molecule has 0 saturated carbocycles. The van der Waals surface area contributed by atoms with Crippen molar-refractivity contribution in [3.63, 3.8) is 0 Å². The maximum absolute atomic E-state index is 13.0. The molecule has 33 heavy (non-hydrogen) atoms. The fourth-order valence-corrected chi connectivity index (χ4v) is 5.86. The Morgan fingerprint density at radius 2 is 1.48 bits per heavy atom. The lowest BCUT2D eigenvalue weighted by atomic mass is 9.94.